The molecule has 0 fully saturated rings. The average molecular weight is 195 g/mol. The molecule has 14 heavy (non-hydrogen) atoms. The number of carbonyl (C=O) groups is 1. The van der Waals surface area contributed by atoms with Gasteiger partial charge in [-0.25, -0.2) is 4.39 Å². The van der Waals surface area contributed by atoms with Crippen LogP contribution in [-0.2, 0) is 11.3 Å². The topological polar surface area (TPSA) is 29.1 Å². The molecule has 0 spiro atoms. The minimum atomic E-state index is -0.277. The summed E-state index contributed by atoms with van der Waals surface area (Å²) < 4.78 is 12.7. The SMILES string of the molecule is CC(C)C(=O)NCc1cccc(F)c1. The molecule has 1 aromatic rings. The highest BCUT2D eigenvalue weighted by molar-refractivity contribution is 5.77. The van der Waals surface area contributed by atoms with Crippen LogP contribution in [0.3, 0.4) is 0 Å². The average Bonchev–Trinajstić information content (AvgIpc) is 2.14. The predicted octanol–water partition coefficient (Wildman–Crippen LogP) is 2.10. The van der Waals surface area contributed by atoms with Gasteiger partial charge in [0.2, 0.25) is 5.91 Å². The number of halogens is 1. The fourth-order valence-corrected chi connectivity index (χ4v) is 1.04. The van der Waals surface area contributed by atoms with Gasteiger partial charge in [-0.15, -0.1) is 0 Å². The predicted molar refractivity (Wildman–Crippen MR) is 53.1 cm³/mol. The molecule has 2 nitrogen and oxygen atoms in total. The monoisotopic (exact) mass is 195 g/mol. The van der Waals surface area contributed by atoms with Gasteiger partial charge in [0.1, 0.15) is 5.82 Å². The van der Waals surface area contributed by atoms with Crippen molar-refractivity contribution >= 4 is 5.91 Å². The first-order valence-electron chi connectivity index (χ1n) is 4.61. The third-order valence-corrected chi connectivity index (χ3v) is 1.88. The minimum Gasteiger partial charge on any atom is -0.352 e. The molecule has 0 atom stereocenters. The van der Waals surface area contributed by atoms with Crippen molar-refractivity contribution in [3.05, 3.63) is 35.6 Å². The summed E-state index contributed by atoms with van der Waals surface area (Å²) in [5, 5.41) is 2.72. The van der Waals surface area contributed by atoms with E-state index in [-0.39, 0.29) is 17.6 Å². The molecule has 0 aromatic heterocycles. The van der Waals surface area contributed by atoms with E-state index in [4.69, 9.17) is 0 Å². The van der Waals surface area contributed by atoms with E-state index < -0.39 is 0 Å². The number of rotatable bonds is 3. The van der Waals surface area contributed by atoms with Crippen LogP contribution in [0.2, 0.25) is 0 Å². The molecule has 0 unspecified atom stereocenters. The van der Waals surface area contributed by atoms with Crippen LogP contribution in [0.5, 0.6) is 0 Å². The molecule has 0 heterocycles. The van der Waals surface area contributed by atoms with Gasteiger partial charge in [-0.05, 0) is 17.7 Å². The number of hydrogen-bond acceptors (Lipinski definition) is 1. The Kier molecular flexibility index (Phi) is 3.63. The lowest BCUT2D eigenvalue weighted by Gasteiger charge is -2.07. The molecule has 1 N–H and O–H groups in total. The highest BCUT2D eigenvalue weighted by atomic mass is 19.1. The summed E-state index contributed by atoms with van der Waals surface area (Å²) in [6.07, 6.45) is 0. The van der Waals surface area contributed by atoms with Crippen molar-refractivity contribution in [1.82, 2.24) is 5.32 Å². The standard InChI is InChI=1S/C11H14FNO/c1-8(2)11(14)13-7-9-4-3-5-10(12)6-9/h3-6,8H,7H2,1-2H3,(H,13,14). The van der Waals surface area contributed by atoms with Crippen molar-refractivity contribution in [2.75, 3.05) is 0 Å². The lowest BCUT2D eigenvalue weighted by molar-refractivity contribution is -0.124. The molecule has 0 bridgehead atoms. The molecule has 1 rings (SSSR count). The van der Waals surface area contributed by atoms with Crippen molar-refractivity contribution in [1.29, 1.82) is 0 Å². The van der Waals surface area contributed by atoms with Crippen molar-refractivity contribution in [3.8, 4) is 0 Å². The Morgan fingerprint density at radius 2 is 2.21 bits per heavy atom. The van der Waals surface area contributed by atoms with Crippen LogP contribution in [0.15, 0.2) is 24.3 Å². The summed E-state index contributed by atoms with van der Waals surface area (Å²) in [6, 6.07) is 6.21. The number of hydrogen-bond donors (Lipinski definition) is 1. The van der Waals surface area contributed by atoms with Gasteiger partial charge in [-0.3, -0.25) is 4.79 Å². The third kappa shape index (κ3) is 3.17. The zero-order valence-corrected chi connectivity index (χ0v) is 8.38. The molecule has 0 saturated heterocycles. The minimum absolute atomic E-state index is 0.0192. The van der Waals surface area contributed by atoms with E-state index in [0.29, 0.717) is 6.54 Å². The maximum absolute atomic E-state index is 12.7. The first-order chi connectivity index (χ1) is 6.59. The van der Waals surface area contributed by atoms with Crippen LogP contribution >= 0.6 is 0 Å². The molecular formula is C11H14FNO. The maximum atomic E-state index is 12.7. The second-order valence-corrected chi connectivity index (χ2v) is 3.50. The number of nitrogens with one attached hydrogen (secondary N) is 1. The number of amides is 1. The van der Waals surface area contributed by atoms with Crippen LogP contribution in [0.1, 0.15) is 19.4 Å². The second-order valence-electron chi connectivity index (χ2n) is 3.50. The summed E-state index contributed by atoms with van der Waals surface area (Å²) in [6.45, 7) is 4.02. The van der Waals surface area contributed by atoms with E-state index in [1.807, 2.05) is 13.8 Å². The van der Waals surface area contributed by atoms with E-state index in [9.17, 15) is 9.18 Å². The van der Waals surface area contributed by atoms with E-state index in [2.05, 4.69) is 5.32 Å². The smallest absolute Gasteiger partial charge is 0.222 e. The van der Waals surface area contributed by atoms with Crippen molar-refractivity contribution in [2.45, 2.75) is 20.4 Å². The Hall–Kier alpha value is -1.38. The molecular weight excluding hydrogens is 181 g/mol. The highest BCUT2D eigenvalue weighted by Crippen LogP contribution is 2.03. The largest absolute Gasteiger partial charge is 0.352 e. The summed E-state index contributed by atoms with van der Waals surface area (Å²) in [5.41, 5.74) is 0.777. The highest BCUT2D eigenvalue weighted by Gasteiger charge is 2.05. The van der Waals surface area contributed by atoms with Gasteiger partial charge in [0.05, 0.1) is 0 Å². The Bertz CT molecular complexity index is 323. The summed E-state index contributed by atoms with van der Waals surface area (Å²) in [7, 11) is 0. The molecule has 0 saturated carbocycles. The first-order valence-corrected chi connectivity index (χ1v) is 4.61. The zero-order valence-electron chi connectivity index (χ0n) is 8.38. The third-order valence-electron chi connectivity index (χ3n) is 1.88. The van der Waals surface area contributed by atoms with Crippen LogP contribution in [0.4, 0.5) is 4.39 Å². The van der Waals surface area contributed by atoms with Crippen molar-refractivity contribution in [2.24, 2.45) is 5.92 Å². The van der Waals surface area contributed by atoms with E-state index in [0.717, 1.165) is 5.56 Å². The Labute approximate surface area is 83.1 Å². The van der Waals surface area contributed by atoms with Gasteiger partial charge in [0.15, 0.2) is 0 Å². The summed E-state index contributed by atoms with van der Waals surface area (Å²) in [5.74, 6) is -0.334. The lowest BCUT2D eigenvalue weighted by Crippen LogP contribution is -2.27. The quantitative estimate of drug-likeness (QED) is 0.786. The van der Waals surface area contributed by atoms with Gasteiger partial charge in [-0.2, -0.15) is 0 Å². The van der Waals surface area contributed by atoms with E-state index in [1.54, 1.807) is 12.1 Å². The van der Waals surface area contributed by atoms with Crippen LogP contribution in [-0.4, -0.2) is 5.91 Å². The van der Waals surface area contributed by atoms with Crippen LogP contribution in [0.25, 0.3) is 0 Å². The van der Waals surface area contributed by atoms with E-state index >= 15 is 0 Å². The van der Waals surface area contributed by atoms with Crippen LogP contribution in [0, 0.1) is 11.7 Å². The second kappa shape index (κ2) is 4.74. The molecule has 1 aromatic carbocycles. The van der Waals surface area contributed by atoms with Gasteiger partial charge in [-0.1, -0.05) is 26.0 Å². The van der Waals surface area contributed by atoms with Crippen molar-refractivity contribution < 1.29 is 9.18 Å². The van der Waals surface area contributed by atoms with Gasteiger partial charge in [0.25, 0.3) is 0 Å². The first kappa shape index (κ1) is 10.7. The molecule has 0 aliphatic carbocycles. The number of benzene rings is 1. The fraction of sp³-hybridized carbons (Fsp3) is 0.364. The number of carbonyl (C=O) groups excluding carboxylic acids is 1. The molecule has 0 aliphatic heterocycles. The van der Waals surface area contributed by atoms with Crippen LogP contribution < -0.4 is 5.32 Å². The molecule has 1 amide bonds. The Balaban J connectivity index is 2.50. The molecule has 0 aliphatic rings. The molecule has 76 valence electrons. The van der Waals surface area contributed by atoms with Crippen molar-refractivity contribution in [3.63, 3.8) is 0 Å². The normalized spacial score (nSPS) is 10.3. The van der Waals surface area contributed by atoms with E-state index in [1.165, 1.54) is 12.1 Å². The summed E-state index contributed by atoms with van der Waals surface area (Å²) >= 11 is 0. The Morgan fingerprint density at radius 1 is 1.50 bits per heavy atom. The fourth-order valence-electron chi connectivity index (χ4n) is 1.04. The van der Waals surface area contributed by atoms with Gasteiger partial charge in [0, 0.05) is 12.5 Å². The summed E-state index contributed by atoms with van der Waals surface area (Å²) in [4.78, 5) is 11.2. The zero-order chi connectivity index (χ0) is 10.6. The lowest BCUT2D eigenvalue weighted by atomic mass is 10.2. The maximum Gasteiger partial charge on any atom is 0.222 e. The molecule has 3 heteroatoms. The Morgan fingerprint density at radius 3 is 2.79 bits per heavy atom. The molecule has 0 radical (unpaired) electrons. The van der Waals surface area contributed by atoms with Gasteiger partial charge < -0.3 is 5.32 Å². The van der Waals surface area contributed by atoms with Gasteiger partial charge >= 0.3 is 0 Å².